The molecule has 17 heavy (non-hydrogen) atoms. The van der Waals surface area contributed by atoms with Gasteiger partial charge < -0.3 is 11.1 Å². The zero-order chi connectivity index (χ0) is 12.1. The SMILES string of the molecule is N#Cc1nccnc1NC1CCCCC1CN. The van der Waals surface area contributed by atoms with E-state index in [2.05, 4.69) is 21.4 Å². The van der Waals surface area contributed by atoms with E-state index in [1.54, 1.807) is 6.20 Å². The molecule has 0 radical (unpaired) electrons. The van der Waals surface area contributed by atoms with Crippen molar-refractivity contribution in [2.45, 2.75) is 31.7 Å². The van der Waals surface area contributed by atoms with Gasteiger partial charge in [0.25, 0.3) is 0 Å². The highest BCUT2D eigenvalue weighted by molar-refractivity contribution is 5.47. The number of nitrogens with zero attached hydrogens (tertiary/aromatic N) is 3. The van der Waals surface area contributed by atoms with E-state index in [4.69, 9.17) is 11.0 Å². The fourth-order valence-electron chi connectivity index (χ4n) is 2.38. The van der Waals surface area contributed by atoms with Crippen LogP contribution in [0, 0.1) is 17.2 Å². The highest BCUT2D eigenvalue weighted by Gasteiger charge is 2.24. The molecule has 1 heterocycles. The molecule has 0 aliphatic heterocycles. The zero-order valence-corrected chi connectivity index (χ0v) is 9.76. The summed E-state index contributed by atoms with van der Waals surface area (Å²) in [6.07, 6.45) is 7.82. The highest BCUT2D eigenvalue weighted by Crippen LogP contribution is 2.26. The number of hydrogen-bond acceptors (Lipinski definition) is 5. The molecule has 0 spiro atoms. The molecule has 0 saturated heterocycles. The Bertz CT molecular complexity index is 412. The predicted molar refractivity (Wildman–Crippen MR) is 65.2 cm³/mol. The van der Waals surface area contributed by atoms with Crippen molar-refractivity contribution in [1.82, 2.24) is 9.97 Å². The standard InChI is InChI=1S/C12H17N5/c13-7-9-3-1-2-4-10(9)17-12-11(8-14)15-5-6-16-12/h5-6,9-10H,1-4,7,13H2,(H,16,17). The molecule has 5 heteroatoms. The topological polar surface area (TPSA) is 87.6 Å². The van der Waals surface area contributed by atoms with Crippen LogP contribution in [0.1, 0.15) is 31.4 Å². The van der Waals surface area contributed by atoms with Crippen molar-refractivity contribution in [2.75, 3.05) is 11.9 Å². The first kappa shape index (κ1) is 11.8. The van der Waals surface area contributed by atoms with Gasteiger partial charge in [0.2, 0.25) is 0 Å². The number of nitrogens with one attached hydrogen (secondary N) is 1. The fraction of sp³-hybridized carbons (Fsp3) is 0.583. The number of nitriles is 1. The van der Waals surface area contributed by atoms with E-state index >= 15 is 0 Å². The second-order valence-corrected chi connectivity index (χ2v) is 4.40. The summed E-state index contributed by atoms with van der Waals surface area (Å²) in [7, 11) is 0. The maximum Gasteiger partial charge on any atom is 0.182 e. The fourth-order valence-corrected chi connectivity index (χ4v) is 2.38. The van der Waals surface area contributed by atoms with Crippen molar-refractivity contribution in [3.63, 3.8) is 0 Å². The van der Waals surface area contributed by atoms with Gasteiger partial charge in [-0.15, -0.1) is 0 Å². The van der Waals surface area contributed by atoms with E-state index in [1.165, 1.54) is 19.0 Å². The molecular weight excluding hydrogens is 214 g/mol. The summed E-state index contributed by atoms with van der Waals surface area (Å²) < 4.78 is 0. The van der Waals surface area contributed by atoms with E-state index in [-0.39, 0.29) is 0 Å². The Morgan fingerprint density at radius 3 is 2.88 bits per heavy atom. The van der Waals surface area contributed by atoms with E-state index in [0.717, 1.165) is 12.8 Å². The first-order valence-electron chi connectivity index (χ1n) is 6.03. The quantitative estimate of drug-likeness (QED) is 0.818. The third-order valence-electron chi connectivity index (χ3n) is 3.34. The second-order valence-electron chi connectivity index (χ2n) is 4.40. The lowest BCUT2D eigenvalue weighted by Gasteiger charge is -2.31. The van der Waals surface area contributed by atoms with Crippen molar-refractivity contribution in [1.29, 1.82) is 5.26 Å². The molecular formula is C12H17N5. The minimum Gasteiger partial charge on any atom is -0.365 e. The van der Waals surface area contributed by atoms with Crippen LogP contribution in [0.25, 0.3) is 0 Å². The highest BCUT2D eigenvalue weighted by atomic mass is 15.0. The molecule has 1 saturated carbocycles. The largest absolute Gasteiger partial charge is 0.365 e. The predicted octanol–water partition coefficient (Wildman–Crippen LogP) is 1.28. The second kappa shape index (κ2) is 5.60. The van der Waals surface area contributed by atoms with Gasteiger partial charge in [0.15, 0.2) is 11.5 Å². The van der Waals surface area contributed by atoms with Crippen LogP contribution in [-0.2, 0) is 0 Å². The van der Waals surface area contributed by atoms with Gasteiger partial charge in [-0.1, -0.05) is 12.8 Å². The van der Waals surface area contributed by atoms with Gasteiger partial charge in [-0.25, -0.2) is 9.97 Å². The Labute approximate surface area is 101 Å². The van der Waals surface area contributed by atoms with Crippen molar-refractivity contribution in [3.8, 4) is 6.07 Å². The average Bonchev–Trinajstić information content (AvgIpc) is 2.40. The van der Waals surface area contributed by atoms with Crippen molar-refractivity contribution in [3.05, 3.63) is 18.1 Å². The Morgan fingerprint density at radius 2 is 2.12 bits per heavy atom. The van der Waals surface area contributed by atoms with Crippen molar-refractivity contribution >= 4 is 5.82 Å². The summed E-state index contributed by atoms with van der Waals surface area (Å²) in [5.41, 5.74) is 6.13. The van der Waals surface area contributed by atoms with Gasteiger partial charge in [-0.2, -0.15) is 5.26 Å². The lowest BCUT2D eigenvalue weighted by atomic mass is 9.84. The summed E-state index contributed by atoms with van der Waals surface area (Å²) in [5.74, 6) is 1.05. The molecule has 0 amide bonds. The molecule has 0 aromatic carbocycles. The van der Waals surface area contributed by atoms with E-state index in [1.807, 2.05) is 0 Å². The number of aromatic nitrogens is 2. The maximum atomic E-state index is 8.95. The van der Waals surface area contributed by atoms with Crippen LogP contribution < -0.4 is 11.1 Å². The van der Waals surface area contributed by atoms with E-state index < -0.39 is 0 Å². The first-order chi connectivity index (χ1) is 8.35. The van der Waals surface area contributed by atoms with Crippen LogP contribution in [0.5, 0.6) is 0 Å². The van der Waals surface area contributed by atoms with Gasteiger partial charge in [0, 0.05) is 18.4 Å². The molecule has 1 aliphatic carbocycles. The molecule has 2 rings (SSSR count). The van der Waals surface area contributed by atoms with Crippen LogP contribution in [0.2, 0.25) is 0 Å². The summed E-state index contributed by atoms with van der Waals surface area (Å²) in [6, 6.07) is 2.37. The molecule has 3 N–H and O–H groups in total. The maximum absolute atomic E-state index is 8.95. The smallest absolute Gasteiger partial charge is 0.182 e. The Kier molecular flexibility index (Phi) is 3.89. The third kappa shape index (κ3) is 2.71. The molecule has 1 fully saturated rings. The van der Waals surface area contributed by atoms with Crippen LogP contribution in [-0.4, -0.2) is 22.6 Å². The average molecular weight is 231 g/mol. The molecule has 90 valence electrons. The molecule has 2 atom stereocenters. The monoisotopic (exact) mass is 231 g/mol. The molecule has 0 bridgehead atoms. The minimum absolute atomic E-state index is 0.317. The lowest BCUT2D eigenvalue weighted by molar-refractivity contribution is 0.332. The Hall–Kier alpha value is -1.67. The summed E-state index contributed by atoms with van der Waals surface area (Å²) in [5, 5.41) is 12.3. The zero-order valence-electron chi connectivity index (χ0n) is 9.76. The molecule has 5 nitrogen and oxygen atoms in total. The lowest BCUT2D eigenvalue weighted by Crippen LogP contribution is -2.37. The van der Waals surface area contributed by atoms with Crippen LogP contribution in [0.4, 0.5) is 5.82 Å². The number of rotatable bonds is 3. The Balaban J connectivity index is 2.11. The first-order valence-corrected chi connectivity index (χ1v) is 6.03. The van der Waals surface area contributed by atoms with Crippen LogP contribution in [0.3, 0.4) is 0 Å². The van der Waals surface area contributed by atoms with Crippen molar-refractivity contribution in [2.24, 2.45) is 11.7 Å². The van der Waals surface area contributed by atoms with Gasteiger partial charge in [-0.3, -0.25) is 0 Å². The number of nitrogens with two attached hydrogens (primary N) is 1. The van der Waals surface area contributed by atoms with E-state index in [0.29, 0.717) is 30.0 Å². The van der Waals surface area contributed by atoms with Gasteiger partial charge in [0.05, 0.1) is 0 Å². The normalized spacial score (nSPS) is 24.0. The summed E-state index contributed by atoms with van der Waals surface area (Å²) in [6.45, 7) is 0.680. The van der Waals surface area contributed by atoms with Crippen LogP contribution in [0.15, 0.2) is 12.4 Å². The van der Waals surface area contributed by atoms with Gasteiger partial charge in [0.1, 0.15) is 6.07 Å². The molecule has 1 aliphatic rings. The minimum atomic E-state index is 0.317. The molecule has 1 aromatic rings. The Morgan fingerprint density at radius 1 is 1.35 bits per heavy atom. The van der Waals surface area contributed by atoms with Gasteiger partial charge in [-0.05, 0) is 25.3 Å². The number of anilines is 1. The van der Waals surface area contributed by atoms with Crippen LogP contribution >= 0.6 is 0 Å². The van der Waals surface area contributed by atoms with Crippen molar-refractivity contribution < 1.29 is 0 Å². The van der Waals surface area contributed by atoms with E-state index in [9.17, 15) is 0 Å². The van der Waals surface area contributed by atoms with Gasteiger partial charge >= 0.3 is 0 Å². The summed E-state index contributed by atoms with van der Waals surface area (Å²) in [4.78, 5) is 8.17. The molecule has 2 unspecified atom stereocenters. The summed E-state index contributed by atoms with van der Waals surface area (Å²) >= 11 is 0. The molecule has 1 aromatic heterocycles. The number of hydrogen-bond donors (Lipinski definition) is 2. The third-order valence-corrected chi connectivity index (χ3v) is 3.34.